The molecule has 0 amide bonds. The Hall–Kier alpha value is -1.60. The molecule has 0 radical (unpaired) electrons. The van der Waals surface area contributed by atoms with Gasteiger partial charge in [0.15, 0.2) is 0 Å². The second-order valence-corrected chi connectivity index (χ2v) is 3.76. The maximum absolute atomic E-state index is 11.4. The maximum Gasteiger partial charge on any atom is 0.349 e. The number of thiophene rings is 1. The number of carbonyl (C=O) groups is 1. The Bertz CT molecular complexity index is 412. The van der Waals surface area contributed by atoms with Gasteiger partial charge in [0, 0.05) is 4.88 Å². The summed E-state index contributed by atoms with van der Waals surface area (Å²) >= 11 is 1.49. The highest BCUT2D eigenvalue weighted by Crippen LogP contribution is 2.23. The van der Waals surface area contributed by atoms with Gasteiger partial charge in [0.05, 0.1) is 6.61 Å². The lowest BCUT2D eigenvalue weighted by molar-refractivity contribution is -0.137. The highest BCUT2D eigenvalue weighted by atomic mass is 32.1. The number of esters is 1. The molecule has 0 N–H and O–H groups in total. The first-order valence-electron chi connectivity index (χ1n) is 4.52. The Morgan fingerprint density at radius 2 is 2.40 bits per heavy atom. The number of ether oxygens (including phenoxy) is 1. The van der Waals surface area contributed by atoms with Gasteiger partial charge in [0.2, 0.25) is 0 Å². The van der Waals surface area contributed by atoms with Crippen molar-refractivity contribution in [3.63, 3.8) is 0 Å². The minimum Gasteiger partial charge on any atom is -0.462 e. The summed E-state index contributed by atoms with van der Waals surface area (Å²) in [6, 6.07) is 5.64. The van der Waals surface area contributed by atoms with Crippen LogP contribution in [-0.4, -0.2) is 12.6 Å². The minimum atomic E-state index is -0.550. The summed E-state index contributed by atoms with van der Waals surface area (Å²) < 4.78 is 4.80. The minimum absolute atomic E-state index is 0.0827. The molecule has 78 valence electrons. The molecule has 0 aliphatic heterocycles. The van der Waals surface area contributed by atoms with Crippen molar-refractivity contribution in [1.29, 1.82) is 5.26 Å². The fourth-order valence-electron chi connectivity index (χ4n) is 1.10. The Labute approximate surface area is 92.6 Å². The Balaban J connectivity index is 3.05. The third kappa shape index (κ3) is 2.67. The normalized spacial score (nSPS) is 11.5. The second kappa shape index (κ2) is 5.32. The van der Waals surface area contributed by atoms with E-state index in [4.69, 9.17) is 10.00 Å². The van der Waals surface area contributed by atoms with Gasteiger partial charge in [-0.15, -0.1) is 11.3 Å². The second-order valence-electron chi connectivity index (χ2n) is 2.81. The molecule has 0 saturated heterocycles. The van der Waals surface area contributed by atoms with Crippen LogP contribution in [0.1, 0.15) is 18.7 Å². The number of allylic oxidation sites excluding steroid dienone is 1. The molecule has 0 fully saturated rings. The molecule has 3 nitrogen and oxygen atoms in total. The van der Waals surface area contributed by atoms with Crippen LogP contribution in [-0.2, 0) is 9.53 Å². The van der Waals surface area contributed by atoms with Gasteiger partial charge in [-0.05, 0) is 30.9 Å². The van der Waals surface area contributed by atoms with Crippen molar-refractivity contribution in [3.05, 3.63) is 28.0 Å². The molecule has 15 heavy (non-hydrogen) atoms. The summed E-state index contributed by atoms with van der Waals surface area (Å²) in [7, 11) is 0. The van der Waals surface area contributed by atoms with Gasteiger partial charge < -0.3 is 4.74 Å². The van der Waals surface area contributed by atoms with Crippen LogP contribution in [0, 0.1) is 11.3 Å². The molecular weight excluding hydrogens is 210 g/mol. The standard InChI is InChI=1S/C11H11NO2S/c1-3-14-11(13)9(7-12)8(2)10-5-4-6-15-10/h4-6H,3H2,1-2H3. The van der Waals surface area contributed by atoms with E-state index in [1.54, 1.807) is 13.8 Å². The van der Waals surface area contributed by atoms with Crippen LogP contribution >= 0.6 is 11.3 Å². The molecule has 1 aromatic rings. The van der Waals surface area contributed by atoms with Gasteiger partial charge in [0.25, 0.3) is 0 Å². The average molecular weight is 221 g/mol. The van der Waals surface area contributed by atoms with Crippen molar-refractivity contribution < 1.29 is 9.53 Å². The molecule has 0 aliphatic carbocycles. The fraction of sp³-hybridized carbons (Fsp3) is 0.273. The summed E-state index contributed by atoms with van der Waals surface area (Å²) in [6.07, 6.45) is 0. The molecule has 0 atom stereocenters. The molecule has 1 aromatic heterocycles. The highest BCUT2D eigenvalue weighted by Gasteiger charge is 2.14. The van der Waals surface area contributed by atoms with Crippen LogP contribution in [0.2, 0.25) is 0 Å². The van der Waals surface area contributed by atoms with Crippen LogP contribution in [0.4, 0.5) is 0 Å². The molecule has 0 aromatic carbocycles. The van der Waals surface area contributed by atoms with Crippen molar-refractivity contribution in [1.82, 2.24) is 0 Å². The van der Waals surface area contributed by atoms with E-state index in [2.05, 4.69) is 0 Å². The lowest BCUT2D eigenvalue weighted by Gasteiger charge is -2.02. The van der Waals surface area contributed by atoms with Crippen molar-refractivity contribution in [3.8, 4) is 6.07 Å². The summed E-state index contributed by atoms with van der Waals surface area (Å²) in [5.74, 6) is -0.550. The number of nitrogens with zero attached hydrogens (tertiary/aromatic N) is 1. The zero-order valence-corrected chi connectivity index (χ0v) is 9.43. The van der Waals surface area contributed by atoms with Crippen LogP contribution in [0.25, 0.3) is 5.57 Å². The monoisotopic (exact) mass is 221 g/mol. The van der Waals surface area contributed by atoms with E-state index in [1.807, 2.05) is 23.6 Å². The van der Waals surface area contributed by atoms with Crippen molar-refractivity contribution >= 4 is 22.9 Å². The third-order valence-electron chi connectivity index (χ3n) is 1.86. The molecule has 0 aliphatic rings. The van der Waals surface area contributed by atoms with Crippen molar-refractivity contribution in [2.24, 2.45) is 0 Å². The fourth-order valence-corrected chi connectivity index (χ4v) is 1.84. The quantitative estimate of drug-likeness (QED) is 0.448. The van der Waals surface area contributed by atoms with E-state index < -0.39 is 5.97 Å². The summed E-state index contributed by atoms with van der Waals surface area (Å²) in [5.41, 5.74) is 0.755. The molecule has 0 saturated carbocycles. The number of hydrogen-bond acceptors (Lipinski definition) is 4. The molecule has 4 heteroatoms. The molecule has 0 unspecified atom stereocenters. The molecule has 1 rings (SSSR count). The molecular formula is C11H11NO2S. The van der Waals surface area contributed by atoms with Crippen molar-refractivity contribution in [2.75, 3.05) is 6.61 Å². The molecule has 0 bridgehead atoms. The smallest absolute Gasteiger partial charge is 0.349 e. The van der Waals surface area contributed by atoms with Gasteiger partial charge in [-0.3, -0.25) is 0 Å². The van der Waals surface area contributed by atoms with Gasteiger partial charge in [-0.25, -0.2) is 4.79 Å². The zero-order chi connectivity index (χ0) is 11.3. The molecule has 1 heterocycles. The predicted molar refractivity (Wildman–Crippen MR) is 59.2 cm³/mol. The van der Waals surface area contributed by atoms with E-state index in [0.717, 1.165) is 4.88 Å². The average Bonchev–Trinajstić information content (AvgIpc) is 2.71. The van der Waals surface area contributed by atoms with Crippen molar-refractivity contribution in [2.45, 2.75) is 13.8 Å². The summed E-state index contributed by atoms with van der Waals surface area (Å²) in [5, 5.41) is 10.8. The first kappa shape index (κ1) is 11.5. The first-order valence-corrected chi connectivity index (χ1v) is 5.40. The number of nitriles is 1. The van der Waals surface area contributed by atoms with E-state index in [-0.39, 0.29) is 12.2 Å². The summed E-state index contributed by atoms with van der Waals surface area (Å²) in [6.45, 7) is 3.75. The largest absolute Gasteiger partial charge is 0.462 e. The number of hydrogen-bond donors (Lipinski definition) is 0. The van der Waals surface area contributed by atoms with Crippen LogP contribution in [0.5, 0.6) is 0 Å². The van der Waals surface area contributed by atoms with Crippen LogP contribution < -0.4 is 0 Å². The van der Waals surface area contributed by atoms with Crippen LogP contribution in [0.3, 0.4) is 0 Å². The van der Waals surface area contributed by atoms with Gasteiger partial charge in [-0.2, -0.15) is 5.26 Å². The lowest BCUT2D eigenvalue weighted by atomic mass is 10.1. The van der Waals surface area contributed by atoms with Gasteiger partial charge >= 0.3 is 5.97 Å². The maximum atomic E-state index is 11.4. The topological polar surface area (TPSA) is 50.1 Å². The lowest BCUT2D eigenvalue weighted by Crippen LogP contribution is -2.07. The van der Waals surface area contributed by atoms with E-state index >= 15 is 0 Å². The van der Waals surface area contributed by atoms with E-state index in [1.165, 1.54) is 11.3 Å². The number of carbonyl (C=O) groups excluding carboxylic acids is 1. The van der Waals surface area contributed by atoms with Gasteiger partial charge in [-0.1, -0.05) is 6.07 Å². The molecule has 0 spiro atoms. The highest BCUT2D eigenvalue weighted by molar-refractivity contribution is 7.11. The Morgan fingerprint density at radius 1 is 1.67 bits per heavy atom. The predicted octanol–water partition coefficient (Wildman–Crippen LogP) is 2.61. The Morgan fingerprint density at radius 3 is 2.87 bits per heavy atom. The SMILES string of the molecule is CCOC(=O)C(C#N)=C(C)c1cccs1. The third-order valence-corrected chi connectivity index (χ3v) is 2.85. The van der Waals surface area contributed by atoms with Crippen LogP contribution in [0.15, 0.2) is 23.1 Å². The zero-order valence-electron chi connectivity index (χ0n) is 8.61. The number of rotatable bonds is 3. The first-order chi connectivity index (χ1) is 7.20. The van der Waals surface area contributed by atoms with E-state index in [0.29, 0.717) is 5.57 Å². The summed E-state index contributed by atoms with van der Waals surface area (Å²) in [4.78, 5) is 12.3. The Kier molecular flexibility index (Phi) is 4.07. The van der Waals surface area contributed by atoms with E-state index in [9.17, 15) is 4.79 Å². The van der Waals surface area contributed by atoms with Gasteiger partial charge in [0.1, 0.15) is 11.6 Å².